The first-order chi connectivity index (χ1) is 10.1. The average Bonchev–Trinajstić information content (AvgIpc) is 2.41. The van der Waals surface area contributed by atoms with E-state index in [1.165, 1.54) is 25.3 Å². The van der Waals surface area contributed by atoms with Gasteiger partial charge in [0.05, 0.1) is 18.6 Å². The van der Waals surface area contributed by atoms with Gasteiger partial charge in [-0.15, -0.1) is 0 Å². The van der Waals surface area contributed by atoms with Crippen LogP contribution in [0.25, 0.3) is 0 Å². The molecular weight excluding hydrogens is 327 g/mol. The SMILES string of the molecule is COc1ccc(C(NC(=O)CCC(F)(F)F)C(=O)O)cc1Cl. The van der Waals surface area contributed by atoms with Crippen molar-refractivity contribution in [3.05, 3.63) is 28.8 Å². The molecule has 0 spiro atoms. The Balaban J connectivity index is 2.84. The molecule has 0 fully saturated rings. The van der Waals surface area contributed by atoms with E-state index in [2.05, 4.69) is 0 Å². The van der Waals surface area contributed by atoms with Gasteiger partial charge < -0.3 is 15.2 Å². The molecule has 0 aliphatic carbocycles. The molecular formula is C13H13ClF3NO4. The molecule has 0 aromatic heterocycles. The molecule has 1 aromatic rings. The Hall–Kier alpha value is -1.96. The summed E-state index contributed by atoms with van der Waals surface area (Å²) in [6, 6.07) is 2.52. The summed E-state index contributed by atoms with van der Waals surface area (Å²) in [5.41, 5.74) is 0.124. The summed E-state index contributed by atoms with van der Waals surface area (Å²) in [6.07, 6.45) is -6.66. The predicted octanol–water partition coefficient (Wildman–Crippen LogP) is 2.93. The number of benzene rings is 1. The molecule has 0 saturated heterocycles. The van der Waals surface area contributed by atoms with E-state index in [9.17, 15) is 22.8 Å². The third kappa shape index (κ3) is 5.44. The second kappa shape index (κ2) is 7.35. The number of ether oxygens (including phenoxy) is 1. The number of amides is 1. The van der Waals surface area contributed by atoms with Gasteiger partial charge in [-0.2, -0.15) is 13.2 Å². The van der Waals surface area contributed by atoms with E-state index in [1.807, 2.05) is 5.32 Å². The van der Waals surface area contributed by atoms with E-state index in [0.29, 0.717) is 5.75 Å². The number of hydrogen-bond donors (Lipinski definition) is 2. The lowest BCUT2D eigenvalue weighted by atomic mass is 10.1. The smallest absolute Gasteiger partial charge is 0.389 e. The number of halogens is 4. The molecule has 0 aliphatic heterocycles. The van der Waals surface area contributed by atoms with Crippen LogP contribution in [0, 0.1) is 0 Å². The Morgan fingerprint density at radius 2 is 2.05 bits per heavy atom. The zero-order valence-corrected chi connectivity index (χ0v) is 12.2. The van der Waals surface area contributed by atoms with Crippen molar-refractivity contribution in [2.45, 2.75) is 25.1 Å². The summed E-state index contributed by atoms with van der Waals surface area (Å²) in [7, 11) is 1.37. The van der Waals surface area contributed by atoms with Gasteiger partial charge in [-0.25, -0.2) is 4.79 Å². The monoisotopic (exact) mass is 339 g/mol. The van der Waals surface area contributed by atoms with E-state index >= 15 is 0 Å². The number of methoxy groups -OCH3 is 1. The Morgan fingerprint density at radius 3 is 2.50 bits per heavy atom. The van der Waals surface area contributed by atoms with Crippen LogP contribution in [0.15, 0.2) is 18.2 Å². The summed E-state index contributed by atoms with van der Waals surface area (Å²) >= 11 is 5.86. The number of carboxylic acid groups (broad SMARTS) is 1. The molecule has 0 heterocycles. The fourth-order valence-corrected chi connectivity index (χ4v) is 1.90. The molecule has 9 heteroatoms. The molecule has 1 atom stereocenters. The number of rotatable bonds is 6. The van der Waals surface area contributed by atoms with Crippen LogP contribution in [0.4, 0.5) is 13.2 Å². The number of aliphatic carboxylic acids is 1. The number of hydrogen-bond acceptors (Lipinski definition) is 3. The quantitative estimate of drug-likeness (QED) is 0.835. The van der Waals surface area contributed by atoms with Crippen LogP contribution in [-0.2, 0) is 9.59 Å². The van der Waals surface area contributed by atoms with E-state index in [4.69, 9.17) is 21.4 Å². The van der Waals surface area contributed by atoms with Crippen molar-refractivity contribution >= 4 is 23.5 Å². The topological polar surface area (TPSA) is 75.6 Å². The van der Waals surface area contributed by atoms with Crippen LogP contribution in [0.5, 0.6) is 5.75 Å². The van der Waals surface area contributed by atoms with Gasteiger partial charge in [-0.3, -0.25) is 4.79 Å². The molecule has 22 heavy (non-hydrogen) atoms. The molecule has 1 aromatic carbocycles. The molecule has 2 N–H and O–H groups in total. The number of nitrogens with one attached hydrogen (secondary N) is 1. The summed E-state index contributed by atoms with van der Waals surface area (Å²) in [6.45, 7) is 0. The van der Waals surface area contributed by atoms with Gasteiger partial charge >= 0.3 is 12.1 Å². The Labute approximate surface area is 129 Å². The Bertz CT molecular complexity index is 563. The second-order valence-corrected chi connectivity index (χ2v) is 4.76. The largest absolute Gasteiger partial charge is 0.495 e. The highest BCUT2D eigenvalue weighted by molar-refractivity contribution is 6.32. The zero-order chi connectivity index (χ0) is 16.9. The third-order valence-corrected chi connectivity index (χ3v) is 2.99. The summed E-state index contributed by atoms with van der Waals surface area (Å²) in [5, 5.41) is 11.3. The van der Waals surface area contributed by atoms with Gasteiger partial charge in [-0.05, 0) is 17.7 Å². The van der Waals surface area contributed by atoms with Gasteiger partial charge in [0.2, 0.25) is 5.91 Å². The summed E-state index contributed by atoms with van der Waals surface area (Å²) < 4.78 is 41.0. The number of carboxylic acids is 1. The Morgan fingerprint density at radius 1 is 1.41 bits per heavy atom. The molecule has 1 amide bonds. The number of carbonyl (C=O) groups excluding carboxylic acids is 1. The second-order valence-electron chi connectivity index (χ2n) is 4.35. The van der Waals surface area contributed by atoms with Crippen LogP contribution in [-0.4, -0.2) is 30.3 Å². The first-order valence-corrected chi connectivity index (χ1v) is 6.44. The van der Waals surface area contributed by atoms with Gasteiger partial charge in [0.15, 0.2) is 6.04 Å². The molecule has 122 valence electrons. The van der Waals surface area contributed by atoms with Crippen LogP contribution >= 0.6 is 11.6 Å². The van der Waals surface area contributed by atoms with Crippen LogP contribution in [0.2, 0.25) is 5.02 Å². The van der Waals surface area contributed by atoms with Crippen molar-refractivity contribution in [2.24, 2.45) is 0 Å². The lowest BCUT2D eigenvalue weighted by molar-refractivity contribution is -0.147. The summed E-state index contributed by atoms with van der Waals surface area (Å²) in [5.74, 6) is -2.13. The lowest BCUT2D eigenvalue weighted by Crippen LogP contribution is -2.34. The minimum atomic E-state index is -4.49. The molecule has 1 unspecified atom stereocenters. The normalized spacial score (nSPS) is 12.6. The highest BCUT2D eigenvalue weighted by Gasteiger charge is 2.29. The average molecular weight is 340 g/mol. The van der Waals surface area contributed by atoms with Crippen molar-refractivity contribution in [3.63, 3.8) is 0 Å². The maximum absolute atomic E-state index is 12.0. The van der Waals surface area contributed by atoms with Crippen molar-refractivity contribution in [3.8, 4) is 5.75 Å². The van der Waals surface area contributed by atoms with E-state index in [1.54, 1.807) is 0 Å². The molecule has 1 rings (SSSR count). The maximum atomic E-state index is 12.0. The molecule has 0 aliphatic rings. The number of carbonyl (C=O) groups is 2. The first-order valence-electron chi connectivity index (χ1n) is 6.06. The van der Waals surface area contributed by atoms with Crippen molar-refractivity contribution in [1.29, 1.82) is 0 Å². The lowest BCUT2D eigenvalue weighted by Gasteiger charge is -2.16. The maximum Gasteiger partial charge on any atom is 0.389 e. The standard InChI is InChI=1S/C13H13ClF3NO4/c1-22-9-3-2-7(6-8(9)14)11(12(20)21)18-10(19)4-5-13(15,16)17/h2-3,6,11H,4-5H2,1H3,(H,18,19)(H,20,21). The van der Waals surface area contributed by atoms with Gasteiger partial charge in [-0.1, -0.05) is 17.7 Å². The van der Waals surface area contributed by atoms with Crippen molar-refractivity contribution in [2.75, 3.05) is 7.11 Å². The van der Waals surface area contributed by atoms with E-state index < -0.39 is 36.9 Å². The zero-order valence-electron chi connectivity index (χ0n) is 11.4. The van der Waals surface area contributed by atoms with E-state index in [0.717, 1.165) is 0 Å². The molecule has 0 saturated carbocycles. The summed E-state index contributed by atoms with van der Waals surface area (Å²) in [4.78, 5) is 22.6. The number of alkyl halides is 3. The Kier molecular flexibility index (Phi) is 6.04. The van der Waals surface area contributed by atoms with Gasteiger partial charge in [0.1, 0.15) is 5.75 Å². The minimum Gasteiger partial charge on any atom is -0.495 e. The van der Waals surface area contributed by atoms with Crippen LogP contribution < -0.4 is 10.1 Å². The fraction of sp³-hybridized carbons (Fsp3) is 0.385. The molecule has 0 radical (unpaired) electrons. The minimum absolute atomic E-state index is 0.121. The van der Waals surface area contributed by atoms with E-state index in [-0.39, 0.29) is 10.6 Å². The van der Waals surface area contributed by atoms with Crippen LogP contribution in [0.1, 0.15) is 24.4 Å². The van der Waals surface area contributed by atoms with Crippen LogP contribution in [0.3, 0.4) is 0 Å². The van der Waals surface area contributed by atoms with Gasteiger partial charge in [0, 0.05) is 6.42 Å². The molecule has 5 nitrogen and oxygen atoms in total. The fourth-order valence-electron chi connectivity index (χ4n) is 1.64. The predicted molar refractivity (Wildman–Crippen MR) is 71.8 cm³/mol. The highest BCUT2D eigenvalue weighted by Crippen LogP contribution is 2.28. The van der Waals surface area contributed by atoms with Crippen molar-refractivity contribution in [1.82, 2.24) is 5.32 Å². The van der Waals surface area contributed by atoms with Crippen molar-refractivity contribution < 1.29 is 32.6 Å². The van der Waals surface area contributed by atoms with Gasteiger partial charge in [0.25, 0.3) is 0 Å². The third-order valence-electron chi connectivity index (χ3n) is 2.70. The highest BCUT2D eigenvalue weighted by atomic mass is 35.5. The first kappa shape index (κ1) is 18.1. The molecule has 0 bridgehead atoms.